The van der Waals surface area contributed by atoms with Crippen molar-refractivity contribution in [2.24, 2.45) is 23.7 Å². The Morgan fingerprint density at radius 2 is 1.97 bits per heavy atom. The molecule has 0 N–H and O–H groups in total. The molecule has 1 unspecified atom stereocenters. The molecule has 6 heteroatoms. The van der Waals surface area contributed by atoms with Crippen LogP contribution in [0.4, 0.5) is 0 Å². The van der Waals surface area contributed by atoms with Crippen molar-refractivity contribution in [3.05, 3.63) is 41.5 Å². The second kappa shape index (κ2) is 9.16. The van der Waals surface area contributed by atoms with E-state index in [-0.39, 0.29) is 35.8 Å². The van der Waals surface area contributed by atoms with E-state index in [2.05, 4.69) is 26.8 Å². The molecule has 32 heavy (non-hydrogen) atoms. The predicted molar refractivity (Wildman–Crippen MR) is 122 cm³/mol. The third-order valence-electron chi connectivity index (χ3n) is 6.82. The quantitative estimate of drug-likeness (QED) is 0.606. The number of nitrogens with zero attached hydrogens (tertiary/aromatic N) is 1. The highest BCUT2D eigenvalue weighted by Gasteiger charge is 2.45. The van der Waals surface area contributed by atoms with Crippen molar-refractivity contribution in [3.63, 3.8) is 0 Å². The summed E-state index contributed by atoms with van der Waals surface area (Å²) < 4.78 is 17.8. The van der Waals surface area contributed by atoms with E-state index in [1.54, 1.807) is 5.06 Å². The molecule has 176 valence electrons. The van der Waals surface area contributed by atoms with Crippen molar-refractivity contribution in [3.8, 4) is 5.75 Å². The summed E-state index contributed by atoms with van der Waals surface area (Å²) in [6, 6.07) is 7.88. The van der Waals surface area contributed by atoms with Crippen molar-refractivity contribution >= 4 is 5.91 Å². The first-order chi connectivity index (χ1) is 15.2. The van der Waals surface area contributed by atoms with E-state index in [4.69, 9.17) is 19.0 Å². The number of rotatable bonds is 5. The van der Waals surface area contributed by atoms with Gasteiger partial charge in [-0.25, -0.2) is 5.06 Å². The van der Waals surface area contributed by atoms with Crippen LogP contribution in [-0.4, -0.2) is 42.7 Å². The Balaban J connectivity index is 1.41. The number of fused-ring (bicyclic) bond motifs is 3. The minimum absolute atomic E-state index is 0.0337. The van der Waals surface area contributed by atoms with Crippen LogP contribution in [-0.2, 0) is 19.1 Å². The normalized spacial score (nSPS) is 31.3. The van der Waals surface area contributed by atoms with Crippen LogP contribution in [0.2, 0.25) is 0 Å². The van der Waals surface area contributed by atoms with Gasteiger partial charge in [-0.2, -0.15) is 0 Å². The number of hydroxylamine groups is 2. The minimum Gasteiger partial charge on any atom is -0.493 e. The van der Waals surface area contributed by atoms with Gasteiger partial charge in [-0.05, 0) is 33.3 Å². The second-order valence-corrected chi connectivity index (χ2v) is 10.3. The Labute approximate surface area is 191 Å². The Morgan fingerprint density at radius 3 is 2.75 bits per heavy atom. The molecule has 1 amide bonds. The van der Waals surface area contributed by atoms with Crippen molar-refractivity contribution in [1.29, 1.82) is 0 Å². The first-order valence-electron chi connectivity index (χ1n) is 11.8. The van der Waals surface area contributed by atoms with Gasteiger partial charge in [0.1, 0.15) is 5.75 Å². The van der Waals surface area contributed by atoms with E-state index in [1.807, 2.05) is 45.0 Å². The van der Waals surface area contributed by atoms with Crippen molar-refractivity contribution in [2.45, 2.75) is 65.9 Å². The van der Waals surface area contributed by atoms with Gasteiger partial charge in [-0.3, -0.25) is 9.63 Å². The zero-order chi connectivity index (χ0) is 23.0. The molecule has 3 heterocycles. The van der Waals surface area contributed by atoms with E-state index < -0.39 is 5.79 Å². The highest BCUT2D eigenvalue weighted by Crippen LogP contribution is 2.44. The average Bonchev–Trinajstić information content (AvgIpc) is 3.19. The number of carbonyl (C=O) groups excluding carboxylic acids is 1. The summed E-state index contributed by atoms with van der Waals surface area (Å²) in [4.78, 5) is 19.2. The summed E-state index contributed by atoms with van der Waals surface area (Å²) in [5.74, 6) is 0.898. The number of benzene rings is 1. The fraction of sp³-hybridized carbons (Fsp3) is 0.654. The lowest BCUT2D eigenvalue weighted by molar-refractivity contribution is -0.296. The zero-order valence-electron chi connectivity index (χ0n) is 20.2. The fourth-order valence-electron chi connectivity index (χ4n) is 5.24. The number of para-hydroxylation sites is 1. The van der Waals surface area contributed by atoms with Gasteiger partial charge in [0, 0.05) is 29.2 Å². The molecule has 6 nitrogen and oxygen atoms in total. The van der Waals surface area contributed by atoms with Gasteiger partial charge in [0.15, 0.2) is 5.79 Å². The van der Waals surface area contributed by atoms with E-state index in [1.165, 1.54) is 5.57 Å². The number of allylic oxidation sites excluding steroid dienone is 1. The van der Waals surface area contributed by atoms with Crippen LogP contribution in [0.5, 0.6) is 5.75 Å². The third kappa shape index (κ3) is 4.73. The molecule has 3 aliphatic heterocycles. The molecule has 6 atom stereocenters. The Hall–Kier alpha value is -1.89. The van der Waals surface area contributed by atoms with E-state index in [0.29, 0.717) is 32.2 Å². The lowest BCUT2D eigenvalue weighted by Crippen LogP contribution is -2.47. The van der Waals surface area contributed by atoms with Gasteiger partial charge >= 0.3 is 0 Å². The molecule has 0 aliphatic carbocycles. The summed E-state index contributed by atoms with van der Waals surface area (Å²) in [6.07, 6.45) is 3.05. The van der Waals surface area contributed by atoms with Gasteiger partial charge in [0.05, 0.1) is 32.0 Å². The van der Waals surface area contributed by atoms with Crippen LogP contribution in [0.3, 0.4) is 0 Å². The molecule has 0 aromatic heterocycles. The Morgan fingerprint density at radius 1 is 1.22 bits per heavy atom. The van der Waals surface area contributed by atoms with Gasteiger partial charge in [-0.1, -0.05) is 50.6 Å². The SMILES string of the molecule is C/C(=C/[C@@H](C)[C@@H]1OC(C)(C)OCC1C)C[C@@H](C)C(=O)N1OC[C@H]2COc3ccccc3[C@H]21. The summed E-state index contributed by atoms with van der Waals surface area (Å²) in [5, 5.41) is 1.61. The molecule has 0 spiro atoms. The van der Waals surface area contributed by atoms with Crippen molar-refractivity contribution < 1.29 is 23.8 Å². The number of hydrogen-bond acceptors (Lipinski definition) is 5. The summed E-state index contributed by atoms with van der Waals surface area (Å²) in [6.45, 7) is 14.2. The molecule has 2 saturated heterocycles. The van der Waals surface area contributed by atoms with Gasteiger partial charge < -0.3 is 14.2 Å². The molecule has 0 bridgehead atoms. The highest BCUT2D eigenvalue weighted by molar-refractivity contribution is 5.78. The summed E-state index contributed by atoms with van der Waals surface area (Å²) in [7, 11) is 0. The van der Waals surface area contributed by atoms with Crippen LogP contribution in [0.1, 0.15) is 59.6 Å². The molecule has 4 rings (SSSR count). The van der Waals surface area contributed by atoms with Gasteiger partial charge in [0.25, 0.3) is 0 Å². The second-order valence-electron chi connectivity index (χ2n) is 10.3. The number of ether oxygens (including phenoxy) is 3. The molecule has 1 aromatic rings. The summed E-state index contributed by atoms with van der Waals surface area (Å²) >= 11 is 0. The Bertz CT molecular complexity index is 866. The summed E-state index contributed by atoms with van der Waals surface area (Å²) in [5.41, 5.74) is 2.23. The monoisotopic (exact) mass is 443 g/mol. The third-order valence-corrected chi connectivity index (χ3v) is 6.82. The zero-order valence-corrected chi connectivity index (χ0v) is 20.2. The highest BCUT2D eigenvalue weighted by atomic mass is 16.7. The largest absolute Gasteiger partial charge is 0.493 e. The standard InChI is InChI=1S/C26H37NO5/c1-16(11-17(2)24-19(4)13-30-26(5,6)32-24)12-18(3)25(28)27-23-20(15-31-27)14-29-22-10-8-7-9-21(22)23/h7-11,17-20,23-24H,12-15H2,1-6H3/b16-11-/t17-,18-,19?,20-,23+,24+/m1/s1. The lowest BCUT2D eigenvalue weighted by Gasteiger charge is -2.42. The number of hydrogen-bond donors (Lipinski definition) is 0. The lowest BCUT2D eigenvalue weighted by atomic mass is 9.88. The van der Waals surface area contributed by atoms with Crippen molar-refractivity contribution in [1.82, 2.24) is 5.06 Å². The number of amides is 1. The van der Waals surface area contributed by atoms with Crippen LogP contribution in [0, 0.1) is 23.7 Å². The van der Waals surface area contributed by atoms with E-state index in [9.17, 15) is 4.79 Å². The van der Waals surface area contributed by atoms with Gasteiger partial charge in [-0.15, -0.1) is 0 Å². The maximum Gasteiger partial charge on any atom is 0.249 e. The molecule has 0 radical (unpaired) electrons. The molecule has 0 saturated carbocycles. The first kappa shape index (κ1) is 23.3. The minimum atomic E-state index is -0.555. The predicted octanol–water partition coefficient (Wildman–Crippen LogP) is 4.91. The molecular formula is C26H37NO5. The average molecular weight is 444 g/mol. The number of carbonyl (C=O) groups is 1. The van der Waals surface area contributed by atoms with E-state index >= 15 is 0 Å². The maximum atomic E-state index is 13.4. The molecule has 2 fully saturated rings. The van der Waals surface area contributed by atoms with Crippen LogP contribution >= 0.6 is 0 Å². The maximum absolute atomic E-state index is 13.4. The molecule has 1 aromatic carbocycles. The molecule has 3 aliphatic rings. The van der Waals surface area contributed by atoms with E-state index in [0.717, 1.165) is 11.3 Å². The van der Waals surface area contributed by atoms with Crippen LogP contribution in [0.15, 0.2) is 35.9 Å². The van der Waals surface area contributed by atoms with Crippen LogP contribution in [0.25, 0.3) is 0 Å². The fourth-order valence-corrected chi connectivity index (χ4v) is 5.24. The van der Waals surface area contributed by atoms with Gasteiger partial charge in [0.2, 0.25) is 5.91 Å². The van der Waals surface area contributed by atoms with Crippen LogP contribution < -0.4 is 4.74 Å². The molecular weight excluding hydrogens is 406 g/mol. The smallest absolute Gasteiger partial charge is 0.249 e. The first-order valence-corrected chi connectivity index (χ1v) is 11.8. The van der Waals surface area contributed by atoms with Crippen molar-refractivity contribution in [2.75, 3.05) is 19.8 Å². The topological polar surface area (TPSA) is 57.2 Å². The Kier molecular flexibility index (Phi) is 6.66.